The molecule has 1 atom stereocenters. The molecule has 1 aliphatic heterocycles. The van der Waals surface area contributed by atoms with Crippen molar-refractivity contribution in [2.75, 3.05) is 32.8 Å². The van der Waals surface area contributed by atoms with E-state index in [-0.39, 0.29) is 12.0 Å². The lowest BCUT2D eigenvalue weighted by atomic mass is 10.2. The molecule has 1 unspecified atom stereocenters. The largest absolute Gasteiger partial charge is 0.459 e. The minimum Gasteiger partial charge on any atom is -0.459 e. The number of carbonyl (C=O) groups is 1. The van der Waals surface area contributed by atoms with Gasteiger partial charge < -0.3 is 14.5 Å². The van der Waals surface area contributed by atoms with Crippen molar-refractivity contribution in [1.82, 2.24) is 10.2 Å². The Labute approximate surface area is 132 Å². The second-order valence-electron chi connectivity index (χ2n) is 6.01. The number of aryl methyl sites for hydroxylation is 1. The van der Waals surface area contributed by atoms with E-state index in [9.17, 15) is 4.79 Å². The molecule has 1 fully saturated rings. The van der Waals surface area contributed by atoms with Crippen LogP contribution in [0.3, 0.4) is 0 Å². The van der Waals surface area contributed by atoms with Gasteiger partial charge in [0.25, 0.3) is 5.91 Å². The second kappa shape index (κ2) is 8.15. The fraction of sp³-hybridized carbons (Fsp3) is 0.588. The number of carbonyl (C=O) groups excluding carboxylic acids is 1. The normalized spacial score (nSPS) is 19.0. The van der Waals surface area contributed by atoms with Gasteiger partial charge in [0, 0.05) is 31.7 Å². The lowest BCUT2D eigenvalue weighted by molar-refractivity contribution is -0.0276. The molecule has 0 aliphatic carbocycles. The highest BCUT2D eigenvalue weighted by atomic mass is 16.5. The van der Waals surface area contributed by atoms with E-state index in [4.69, 9.17) is 9.15 Å². The van der Waals surface area contributed by atoms with Crippen LogP contribution in [0.1, 0.15) is 36.4 Å². The molecule has 0 saturated carbocycles. The van der Waals surface area contributed by atoms with E-state index in [1.165, 1.54) is 11.8 Å². The number of amides is 1. The summed E-state index contributed by atoms with van der Waals surface area (Å²) in [5, 5.41) is 2.90. The monoisotopic (exact) mass is 306 g/mol. The number of morpholine rings is 1. The molecule has 1 aromatic heterocycles. The quantitative estimate of drug-likeness (QED) is 0.820. The van der Waals surface area contributed by atoms with Gasteiger partial charge in [-0.05, 0) is 33.3 Å². The molecule has 1 saturated heterocycles. The summed E-state index contributed by atoms with van der Waals surface area (Å²) in [6.07, 6.45) is 4.77. The number of allylic oxidation sites excluding steroid dienone is 1. The van der Waals surface area contributed by atoms with E-state index in [1.807, 2.05) is 6.92 Å². The molecule has 0 aromatic carbocycles. The maximum Gasteiger partial charge on any atom is 0.287 e. The highest BCUT2D eigenvalue weighted by Gasteiger charge is 2.20. The number of nitrogens with one attached hydrogen (secondary N) is 1. The number of ether oxygens (including phenoxy) is 1. The molecule has 1 amide bonds. The van der Waals surface area contributed by atoms with Crippen molar-refractivity contribution in [3.63, 3.8) is 0 Å². The minimum atomic E-state index is -0.153. The summed E-state index contributed by atoms with van der Waals surface area (Å²) in [5.41, 5.74) is 2.20. The molecule has 22 heavy (non-hydrogen) atoms. The first-order valence-corrected chi connectivity index (χ1v) is 7.86. The number of hydrogen-bond acceptors (Lipinski definition) is 4. The van der Waals surface area contributed by atoms with Crippen LogP contribution < -0.4 is 5.32 Å². The Bertz CT molecular complexity index is 518. The van der Waals surface area contributed by atoms with Crippen LogP contribution in [0.2, 0.25) is 0 Å². The Morgan fingerprint density at radius 1 is 1.50 bits per heavy atom. The first kappa shape index (κ1) is 16.8. The van der Waals surface area contributed by atoms with Crippen molar-refractivity contribution in [2.45, 2.75) is 33.3 Å². The summed E-state index contributed by atoms with van der Waals surface area (Å²) < 4.78 is 11.0. The zero-order valence-electron chi connectivity index (χ0n) is 13.7. The third kappa shape index (κ3) is 5.00. The topological polar surface area (TPSA) is 54.7 Å². The fourth-order valence-electron chi connectivity index (χ4n) is 2.46. The number of rotatable bonds is 6. The van der Waals surface area contributed by atoms with E-state index in [1.54, 1.807) is 6.07 Å². The zero-order chi connectivity index (χ0) is 15.9. The molecule has 0 spiro atoms. The van der Waals surface area contributed by atoms with Crippen molar-refractivity contribution in [2.24, 2.45) is 0 Å². The summed E-state index contributed by atoms with van der Waals surface area (Å²) in [4.78, 5) is 14.3. The molecule has 122 valence electrons. The van der Waals surface area contributed by atoms with Crippen molar-refractivity contribution < 1.29 is 13.9 Å². The summed E-state index contributed by atoms with van der Waals surface area (Å²) in [7, 11) is 0. The summed E-state index contributed by atoms with van der Waals surface area (Å²) in [5.74, 6) is 0.245. The van der Waals surface area contributed by atoms with Crippen molar-refractivity contribution in [1.29, 1.82) is 0 Å². The zero-order valence-corrected chi connectivity index (χ0v) is 13.7. The maximum absolute atomic E-state index is 11.9. The molecule has 5 nitrogen and oxygen atoms in total. The first-order valence-electron chi connectivity index (χ1n) is 7.86. The molecule has 2 rings (SSSR count). The summed E-state index contributed by atoms with van der Waals surface area (Å²) in [6.45, 7) is 10.3. The lowest BCUT2D eigenvalue weighted by Gasteiger charge is -2.32. The van der Waals surface area contributed by atoms with E-state index in [2.05, 4.69) is 30.1 Å². The Morgan fingerprint density at radius 2 is 2.32 bits per heavy atom. The molecule has 0 radical (unpaired) electrons. The van der Waals surface area contributed by atoms with Gasteiger partial charge in [-0.1, -0.05) is 11.6 Å². The Kier molecular flexibility index (Phi) is 6.21. The van der Waals surface area contributed by atoms with E-state index >= 15 is 0 Å². The average molecular weight is 306 g/mol. The van der Waals surface area contributed by atoms with Crippen LogP contribution in [0.4, 0.5) is 0 Å². The molecule has 1 N–H and O–H groups in total. The summed E-state index contributed by atoms with van der Waals surface area (Å²) in [6, 6.07) is 1.79. The van der Waals surface area contributed by atoms with Gasteiger partial charge in [0.05, 0.1) is 19.0 Å². The molecular weight excluding hydrogens is 280 g/mol. The average Bonchev–Trinajstić information content (AvgIpc) is 2.92. The minimum absolute atomic E-state index is 0.153. The van der Waals surface area contributed by atoms with Gasteiger partial charge in [-0.25, -0.2) is 0 Å². The molecule has 0 bridgehead atoms. The van der Waals surface area contributed by atoms with Crippen LogP contribution in [0.5, 0.6) is 0 Å². The van der Waals surface area contributed by atoms with Crippen molar-refractivity contribution >= 4 is 5.91 Å². The fourth-order valence-corrected chi connectivity index (χ4v) is 2.46. The molecular formula is C17H26N2O3. The first-order chi connectivity index (χ1) is 10.6. The standard InChI is InChI=1S/C17H26N2O3/c1-13(2)5-8-19-9-11-21-15(12-19)4-7-18-17(20)16-14(3)6-10-22-16/h5-6,10,15H,4,7-9,11-12H2,1-3H3,(H,18,20). The van der Waals surface area contributed by atoms with E-state index < -0.39 is 0 Å². The van der Waals surface area contributed by atoms with Gasteiger partial charge in [-0.2, -0.15) is 0 Å². The van der Waals surface area contributed by atoms with Gasteiger partial charge in [-0.15, -0.1) is 0 Å². The Hall–Kier alpha value is -1.59. The third-order valence-corrected chi connectivity index (χ3v) is 3.80. The Morgan fingerprint density at radius 3 is 3.00 bits per heavy atom. The van der Waals surface area contributed by atoms with E-state index in [0.29, 0.717) is 12.3 Å². The molecule has 1 aliphatic rings. The number of furan rings is 1. The predicted octanol–water partition coefficient (Wildman–Crippen LogP) is 2.37. The van der Waals surface area contributed by atoms with Gasteiger partial charge in [0.2, 0.25) is 0 Å². The van der Waals surface area contributed by atoms with Gasteiger partial charge in [0.15, 0.2) is 5.76 Å². The van der Waals surface area contributed by atoms with Crippen LogP contribution in [0.15, 0.2) is 28.4 Å². The second-order valence-corrected chi connectivity index (χ2v) is 6.01. The third-order valence-electron chi connectivity index (χ3n) is 3.80. The molecule has 1 aromatic rings. The van der Waals surface area contributed by atoms with Gasteiger partial charge in [-0.3, -0.25) is 9.69 Å². The number of hydrogen-bond donors (Lipinski definition) is 1. The SMILES string of the molecule is CC(C)=CCN1CCOC(CCNC(=O)c2occc2C)C1. The smallest absolute Gasteiger partial charge is 0.287 e. The molecule has 5 heteroatoms. The van der Waals surface area contributed by atoms with Crippen LogP contribution >= 0.6 is 0 Å². The van der Waals surface area contributed by atoms with E-state index in [0.717, 1.165) is 38.2 Å². The Balaban J connectivity index is 1.71. The van der Waals surface area contributed by atoms with Crippen LogP contribution in [-0.2, 0) is 4.74 Å². The van der Waals surface area contributed by atoms with Crippen molar-refractivity contribution in [3.8, 4) is 0 Å². The maximum atomic E-state index is 11.9. The molecule has 2 heterocycles. The van der Waals surface area contributed by atoms with Crippen molar-refractivity contribution in [3.05, 3.63) is 35.3 Å². The van der Waals surface area contributed by atoms with Crippen LogP contribution in [0, 0.1) is 6.92 Å². The van der Waals surface area contributed by atoms with Crippen LogP contribution in [-0.4, -0.2) is 49.7 Å². The highest BCUT2D eigenvalue weighted by molar-refractivity contribution is 5.92. The predicted molar refractivity (Wildman–Crippen MR) is 86.0 cm³/mol. The highest BCUT2D eigenvalue weighted by Crippen LogP contribution is 2.10. The number of nitrogens with zero attached hydrogens (tertiary/aromatic N) is 1. The summed E-state index contributed by atoms with van der Waals surface area (Å²) >= 11 is 0. The van der Waals surface area contributed by atoms with Crippen LogP contribution in [0.25, 0.3) is 0 Å². The lowest BCUT2D eigenvalue weighted by Crippen LogP contribution is -2.43. The van der Waals surface area contributed by atoms with Gasteiger partial charge >= 0.3 is 0 Å². The van der Waals surface area contributed by atoms with Gasteiger partial charge in [0.1, 0.15) is 0 Å².